The molecule has 1 aliphatic heterocycles. The van der Waals surface area contributed by atoms with Gasteiger partial charge in [0.2, 0.25) is 12.4 Å². The van der Waals surface area contributed by atoms with Crippen LogP contribution in [0.5, 0.6) is 17.2 Å². The van der Waals surface area contributed by atoms with E-state index in [9.17, 15) is 28.8 Å². The Morgan fingerprint density at radius 2 is 1.12 bits per heavy atom. The highest BCUT2D eigenvalue weighted by Crippen LogP contribution is 2.37. The van der Waals surface area contributed by atoms with Gasteiger partial charge in [-0.05, 0) is 73.5 Å². The Kier molecular flexibility index (Phi) is 15.4. The first-order chi connectivity index (χ1) is 32.1. The van der Waals surface area contributed by atoms with Crippen molar-refractivity contribution in [3.05, 3.63) is 184 Å². The second-order valence-electron chi connectivity index (χ2n) is 14.6. The van der Waals surface area contributed by atoms with Gasteiger partial charge in [0.1, 0.15) is 24.0 Å². The van der Waals surface area contributed by atoms with Crippen molar-refractivity contribution in [2.45, 2.75) is 57.4 Å². The number of carbonyl (C=O) groups is 5. The van der Waals surface area contributed by atoms with E-state index in [1.54, 1.807) is 84.9 Å². The highest BCUT2D eigenvalue weighted by atomic mass is 16.7. The van der Waals surface area contributed by atoms with E-state index < -0.39 is 78.5 Å². The Balaban J connectivity index is 1.32. The third-order valence-electron chi connectivity index (χ3n) is 9.96. The van der Waals surface area contributed by atoms with Crippen LogP contribution in [0.25, 0.3) is 11.0 Å². The van der Waals surface area contributed by atoms with Crippen LogP contribution in [0.15, 0.2) is 161 Å². The third kappa shape index (κ3) is 11.6. The molecule has 0 aliphatic carbocycles. The van der Waals surface area contributed by atoms with Crippen molar-refractivity contribution in [2.24, 2.45) is 0 Å². The lowest BCUT2D eigenvalue weighted by molar-refractivity contribution is -0.275. The number of allylic oxidation sites excluding steroid dienone is 1. The van der Waals surface area contributed by atoms with Gasteiger partial charge in [0.15, 0.2) is 18.0 Å². The molecule has 15 heteroatoms. The lowest BCUT2D eigenvalue weighted by Gasteiger charge is -2.44. The molecule has 0 N–H and O–H groups in total. The van der Waals surface area contributed by atoms with Gasteiger partial charge in [-0.2, -0.15) is 0 Å². The maximum atomic E-state index is 14.0. The van der Waals surface area contributed by atoms with Crippen molar-refractivity contribution in [1.82, 2.24) is 0 Å². The van der Waals surface area contributed by atoms with Crippen molar-refractivity contribution >= 4 is 40.8 Å². The second-order valence-corrected chi connectivity index (χ2v) is 14.6. The minimum Gasteiger partial charge on any atom is -0.488 e. The molecular formula is C51H44O15. The number of hydrogen-bond donors (Lipinski definition) is 0. The molecule has 6 aromatic rings. The van der Waals surface area contributed by atoms with Crippen LogP contribution < -0.4 is 19.8 Å². The largest absolute Gasteiger partial charge is 0.488 e. The van der Waals surface area contributed by atoms with Gasteiger partial charge in [-0.1, -0.05) is 91.9 Å². The smallest absolute Gasteiger partial charge is 0.383 e. The topological polar surface area (TPSA) is 189 Å². The van der Waals surface area contributed by atoms with Crippen molar-refractivity contribution in [2.75, 3.05) is 13.2 Å². The number of ether oxygens (including phenoxy) is 8. The number of esters is 5. The molecule has 0 unspecified atom stereocenters. The quantitative estimate of drug-likeness (QED) is 0.0281. The van der Waals surface area contributed by atoms with E-state index in [-0.39, 0.29) is 51.3 Å². The summed E-state index contributed by atoms with van der Waals surface area (Å²) >= 11 is 0. The molecule has 15 nitrogen and oxygen atoms in total. The van der Waals surface area contributed by atoms with Crippen molar-refractivity contribution in [3.8, 4) is 17.2 Å². The number of hydrogen-bond acceptors (Lipinski definition) is 15. The summed E-state index contributed by atoms with van der Waals surface area (Å²) in [5.74, 6) is -4.70. The van der Waals surface area contributed by atoms with Gasteiger partial charge < -0.3 is 42.3 Å². The first-order valence-electron chi connectivity index (χ1n) is 21.0. The predicted octanol–water partition coefficient (Wildman–Crippen LogP) is 8.09. The highest BCUT2D eigenvalue weighted by molar-refractivity contribution is 5.92. The Labute approximate surface area is 378 Å². The molecule has 5 aromatic carbocycles. The molecule has 0 saturated carbocycles. The molecule has 0 radical (unpaired) electrons. The molecule has 0 amide bonds. The van der Waals surface area contributed by atoms with Gasteiger partial charge in [0.25, 0.3) is 5.75 Å². The van der Waals surface area contributed by atoms with Gasteiger partial charge in [0, 0.05) is 13.0 Å². The highest BCUT2D eigenvalue weighted by Gasteiger charge is 2.54. The number of benzene rings is 5. The molecule has 5 atom stereocenters. The Hall–Kier alpha value is -8.04. The number of fused-ring (bicyclic) bond motifs is 1. The van der Waals surface area contributed by atoms with Gasteiger partial charge in [0.05, 0.1) is 34.2 Å². The zero-order chi connectivity index (χ0) is 46.4. The monoisotopic (exact) mass is 896 g/mol. The minimum absolute atomic E-state index is 0.0265. The average molecular weight is 897 g/mol. The lowest BCUT2D eigenvalue weighted by atomic mass is 9.97. The van der Waals surface area contributed by atoms with E-state index in [1.807, 2.05) is 19.1 Å². The zero-order valence-corrected chi connectivity index (χ0v) is 35.8. The first kappa shape index (κ1) is 46.0. The molecule has 1 fully saturated rings. The molecule has 1 aliphatic rings. The molecule has 7 rings (SSSR count). The zero-order valence-electron chi connectivity index (χ0n) is 35.8. The van der Waals surface area contributed by atoms with E-state index in [2.05, 4.69) is 0 Å². The summed E-state index contributed by atoms with van der Waals surface area (Å²) in [4.78, 5) is 80.5. The van der Waals surface area contributed by atoms with Gasteiger partial charge in [-0.25, -0.2) is 24.0 Å². The summed E-state index contributed by atoms with van der Waals surface area (Å²) in [5, 5.41) is 0.238. The number of rotatable bonds is 17. The molecule has 2 heterocycles. The second kappa shape index (κ2) is 22.0. The van der Waals surface area contributed by atoms with Crippen LogP contribution >= 0.6 is 0 Å². The molecule has 66 heavy (non-hydrogen) atoms. The summed E-state index contributed by atoms with van der Waals surface area (Å²) in [6, 6.07) is 36.2. The molecule has 0 bridgehead atoms. The standard InChI is InChI=1S/C51H44O15/c1-3-4-5-18-29-58-41-38-28-27-37(30-39(38)62-50(57)44(41)60-32(2)52)61-51-45(66-49(56)36-25-16-9-17-26-36)43(65-48(55)35-23-14-8-15-24-35)42(64-47(54)34-21-12-7-13-22-34)40(63-51)31-59-46(53)33-19-10-6-11-20-33/h4-17,19-28,30,40,42-43,45,51H,3,18,29,31H2,1-2H3/b5-4+/t40-,42+,43+,45-,51-/m1/s1. The van der Waals surface area contributed by atoms with E-state index in [0.717, 1.165) is 13.3 Å². The van der Waals surface area contributed by atoms with Crippen molar-refractivity contribution < 1.29 is 66.3 Å². The van der Waals surface area contributed by atoms with E-state index in [4.69, 9.17) is 42.3 Å². The maximum absolute atomic E-state index is 14.0. The van der Waals surface area contributed by atoms with Crippen LogP contribution in [-0.4, -0.2) is 73.8 Å². The molecule has 0 spiro atoms. The Morgan fingerprint density at radius 1 is 0.606 bits per heavy atom. The van der Waals surface area contributed by atoms with E-state index >= 15 is 0 Å². The van der Waals surface area contributed by atoms with Gasteiger partial charge >= 0.3 is 35.5 Å². The predicted molar refractivity (Wildman–Crippen MR) is 236 cm³/mol. The molecular weight excluding hydrogens is 853 g/mol. The fourth-order valence-corrected chi connectivity index (χ4v) is 6.85. The van der Waals surface area contributed by atoms with Gasteiger partial charge in [-0.3, -0.25) is 4.79 Å². The fraction of sp³-hybridized carbons (Fsp3) is 0.216. The van der Waals surface area contributed by atoms with Crippen LogP contribution in [0.2, 0.25) is 0 Å². The average Bonchev–Trinajstić information content (AvgIpc) is 3.34. The summed E-state index contributed by atoms with van der Waals surface area (Å²) in [5.41, 5.74) is -0.542. The third-order valence-corrected chi connectivity index (χ3v) is 9.96. The summed E-state index contributed by atoms with van der Waals surface area (Å²) in [6.07, 6.45) is -3.00. The Morgan fingerprint density at radius 3 is 1.65 bits per heavy atom. The van der Waals surface area contributed by atoms with Crippen LogP contribution in [-0.2, 0) is 28.5 Å². The van der Waals surface area contributed by atoms with Crippen LogP contribution in [0.1, 0.15) is 68.1 Å². The van der Waals surface area contributed by atoms with E-state index in [0.29, 0.717) is 6.42 Å². The Bertz CT molecular complexity index is 2720. The maximum Gasteiger partial charge on any atom is 0.383 e. The summed E-state index contributed by atoms with van der Waals surface area (Å²) in [6.45, 7) is 2.66. The van der Waals surface area contributed by atoms with E-state index in [1.165, 1.54) is 54.6 Å². The van der Waals surface area contributed by atoms with Crippen LogP contribution in [0.3, 0.4) is 0 Å². The lowest BCUT2D eigenvalue weighted by Crippen LogP contribution is -2.63. The molecule has 338 valence electrons. The van der Waals surface area contributed by atoms with Crippen LogP contribution in [0, 0.1) is 0 Å². The summed E-state index contributed by atoms with van der Waals surface area (Å²) in [7, 11) is 0. The fourth-order valence-electron chi connectivity index (χ4n) is 6.85. The normalized spacial score (nSPS) is 17.9. The SMILES string of the molecule is CC/C=C/CCOc1c(OC(C)=O)c(=O)oc2cc(O[C@@H]3O[C@H](COC(=O)c4ccccc4)[C@H](OC(=O)c4ccccc4)[C@H](OC(=O)c4ccccc4)[C@H]3OC(=O)c3ccccc3)ccc12. The van der Waals surface area contributed by atoms with Crippen molar-refractivity contribution in [3.63, 3.8) is 0 Å². The molecule has 1 saturated heterocycles. The summed E-state index contributed by atoms with van der Waals surface area (Å²) < 4.78 is 53.8. The molecule has 1 aromatic heterocycles. The van der Waals surface area contributed by atoms with Gasteiger partial charge in [-0.15, -0.1) is 0 Å². The van der Waals surface area contributed by atoms with Crippen molar-refractivity contribution in [1.29, 1.82) is 0 Å². The van der Waals surface area contributed by atoms with Crippen LogP contribution in [0.4, 0.5) is 0 Å². The number of carbonyl (C=O) groups excluding carboxylic acids is 5. The minimum atomic E-state index is -1.70. The first-order valence-corrected chi connectivity index (χ1v) is 21.0.